The summed E-state index contributed by atoms with van der Waals surface area (Å²) in [5, 5.41) is 22.0. The van der Waals surface area contributed by atoms with Crippen molar-refractivity contribution in [1.29, 1.82) is 0 Å². The molecule has 0 atom stereocenters. The van der Waals surface area contributed by atoms with Gasteiger partial charge in [-0.1, -0.05) is 10.3 Å². The Morgan fingerprint density at radius 3 is 2.35 bits per heavy atom. The molecule has 0 aliphatic heterocycles. The van der Waals surface area contributed by atoms with Crippen molar-refractivity contribution >= 4 is 35.6 Å². The van der Waals surface area contributed by atoms with Gasteiger partial charge in [0.25, 0.3) is 5.56 Å². The third-order valence-electron chi connectivity index (χ3n) is 1.56. The van der Waals surface area contributed by atoms with Crippen LogP contribution in [0.2, 0.25) is 0 Å². The molecular weight excluding hydrogens is 230 g/mol. The van der Waals surface area contributed by atoms with E-state index in [1.165, 1.54) is 0 Å². The van der Waals surface area contributed by atoms with Crippen LogP contribution < -0.4 is 17.0 Å². The van der Waals surface area contributed by atoms with E-state index in [1.54, 1.807) is 0 Å². The summed E-state index contributed by atoms with van der Waals surface area (Å²) in [6.45, 7) is 0. The minimum atomic E-state index is -0.676. The summed E-state index contributed by atoms with van der Waals surface area (Å²) >= 11 is 0. The van der Waals surface area contributed by atoms with Crippen molar-refractivity contribution in [1.82, 2.24) is 9.97 Å². The third-order valence-corrected chi connectivity index (χ3v) is 1.56. The summed E-state index contributed by atoms with van der Waals surface area (Å²) in [6, 6.07) is 0. The van der Waals surface area contributed by atoms with E-state index in [9.17, 15) is 4.79 Å². The molecule has 1 aromatic rings. The molecule has 0 saturated carbocycles. The highest BCUT2D eigenvalue weighted by molar-refractivity contribution is 6.56. The molecule has 0 aliphatic carbocycles. The van der Waals surface area contributed by atoms with E-state index < -0.39 is 5.56 Å². The number of rotatable bonds is 3. The van der Waals surface area contributed by atoms with Crippen LogP contribution in [0.1, 0.15) is 0 Å². The van der Waals surface area contributed by atoms with Crippen molar-refractivity contribution in [3.05, 3.63) is 10.4 Å². The quantitative estimate of drug-likeness (QED) is 0.254. The number of hydrogen-bond acceptors (Lipinski definition) is 9. The molecule has 0 radical (unpaired) electrons. The van der Waals surface area contributed by atoms with Gasteiger partial charge < -0.3 is 21.9 Å². The van der Waals surface area contributed by atoms with Crippen LogP contribution in [0.15, 0.2) is 20.1 Å². The van der Waals surface area contributed by atoms with E-state index in [0.717, 1.165) is 12.4 Å². The number of oxime groups is 2. The van der Waals surface area contributed by atoms with Gasteiger partial charge in [0.2, 0.25) is 5.95 Å². The Kier molecular flexibility index (Phi) is 3.76. The Labute approximate surface area is 94.0 Å². The first-order valence-corrected chi connectivity index (χ1v) is 4.17. The van der Waals surface area contributed by atoms with Crippen molar-refractivity contribution in [3.8, 4) is 0 Å². The van der Waals surface area contributed by atoms with Crippen LogP contribution >= 0.6 is 0 Å². The second kappa shape index (κ2) is 5.25. The van der Waals surface area contributed by atoms with Crippen LogP contribution in [0, 0.1) is 0 Å². The van der Waals surface area contributed by atoms with Crippen molar-refractivity contribution in [2.24, 2.45) is 15.3 Å². The van der Waals surface area contributed by atoms with Crippen LogP contribution in [-0.4, -0.2) is 38.5 Å². The highest BCUT2D eigenvalue weighted by atomic mass is 16.4. The standard InChI is InChI=1S/C7H9N7O3/c8-5-4(6(15)14-7(9)13-5)12-3(1-10-16)2-11-17/h1-2,16-17H,(H5,8,9,13,14,15)/b10-1+,11-2+. The molecule has 0 saturated heterocycles. The van der Waals surface area contributed by atoms with Crippen LogP contribution in [0.3, 0.4) is 0 Å². The lowest BCUT2D eigenvalue weighted by Crippen LogP contribution is -2.14. The second-order valence-electron chi connectivity index (χ2n) is 2.71. The van der Waals surface area contributed by atoms with Crippen molar-refractivity contribution in [2.45, 2.75) is 0 Å². The van der Waals surface area contributed by atoms with Gasteiger partial charge >= 0.3 is 0 Å². The number of aliphatic imine (C=N–C) groups is 1. The zero-order chi connectivity index (χ0) is 12.8. The maximum absolute atomic E-state index is 11.4. The van der Waals surface area contributed by atoms with Crippen molar-refractivity contribution in [3.63, 3.8) is 0 Å². The topological polar surface area (TPSA) is 175 Å². The Bertz CT molecular complexity index is 531. The molecule has 0 fully saturated rings. The number of aromatic nitrogens is 2. The SMILES string of the molecule is Nc1nc(N)c(N=C(/C=N/O)/C=N/O)c(=O)[nH]1. The van der Waals surface area contributed by atoms with Crippen molar-refractivity contribution < 1.29 is 10.4 Å². The fourth-order valence-corrected chi connectivity index (χ4v) is 0.949. The first-order chi connectivity index (χ1) is 8.08. The Hall–Kier alpha value is -2.91. The van der Waals surface area contributed by atoms with E-state index in [-0.39, 0.29) is 23.2 Å². The molecule has 1 rings (SSSR count). The lowest BCUT2D eigenvalue weighted by Gasteiger charge is -1.99. The van der Waals surface area contributed by atoms with Gasteiger partial charge in [-0.2, -0.15) is 4.98 Å². The van der Waals surface area contributed by atoms with Crippen molar-refractivity contribution in [2.75, 3.05) is 11.5 Å². The molecule has 1 aromatic heterocycles. The summed E-state index contributed by atoms with van der Waals surface area (Å²) < 4.78 is 0. The van der Waals surface area contributed by atoms with E-state index in [0.29, 0.717) is 0 Å². The number of nitrogen functional groups attached to an aromatic ring is 2. The van der Waals surface area contributed by atoms with E-state index in [2.05, 4.69) is 25.3 Å². The number of anilines is 2. The van der Waals surface area contributed by atoms with E-state index in [1.807, 2.05) is 0 Å². The predicted molar refractivity (Wildman–Crippen MR) is 61.3 cm³/mol. The molecule has 90 valence electrons. The number of hydrogen-bond donors (Lipinski definition) is 5. The summed E-state index contributed by atoms with van der Waals surface area (Å²) in [6.07, 6.45) is 1.68. The molecule has 17 heavy (non-hydrogen) atoms. The minimum Gasteiger partial charge on any atom is -0.411 e. The Balaban J connectivity index is 3.34. The molecule has 10 nitrogen and oxygen atoms in total. The molecule has 0 spiro atoms. The number of aromatic amines is 1. The third kappa shape index (κ3) is 3.02. The monoisotopic (exact) mass is 239 g/mol. The average molecular weight is 239 g/mol. The largest absolute Gasteiger partial charge is 0.411 e. The van der Waals surface area contributed by atoms with Crippen LogP contribution in [0.4, 0.5) is 17.5 Å². The molecule has 0 aromatic carbocycles. The number of nitrogens with two attached hydrogens (primary N) is 2. The van der Waals surface area contributed by atoms with Gasteiger partial charge in [-0.05, 0) is 0 Å². The molecule has 0 bridgehead atoms. The average Bonchev–Trinajstić information content (AvgIpc) is 2.23. The van der Waals surface area contributed by atoms with E-state index >= 15 is 0 Å². The molecule has 7 N–H and O–H groups in total. The first-order valence-electron chi connectivity index (χ1n) is 4.17. The zero-order valence-electron chi connectivity index (χ0n) is 8.40. The molecular formula is C7H9N7O3. The minimum absolute atomic E-state index is 0.112. The highest BCUT2D eigenvalue weighted by Gasteiger charge is 2.07. The smallest absolute Gasteiger partial charge is 0.280 e. The number of H-pyrrole nitrogens is 1. The summed E-state index contributed by atoms with van der Waals surface area (Å²) in [4.78, 5) is 20.9. The van der Waals surface area contributed by atoms with Gasteiger partial charge in [0.1, 0.15) is 5.71 Å². The molecule has 0 unspecified atom stereocenters. The number of nitrogens with zero attached hydrogens (tertiary/aromatic N) is 4. The Morgan fingerprint density at radius 1 is 1.29 bits per heavy atom. The summed E-state index contributed by atoms with van der Waals surface area (Å²) in [5.74, 6) is -0.360. The fourth-order valence-electron chi connectivity index (χ4n) is 0.949. The van der Waals surface area contributed by atoms with Crippen LogP contribution in [-0.2, 0) is 0 Å². The normalized spacial score (nSPS) is 11.1. The maximum Gasteiger partial charge on any atom is 0.280 e. The summed E-state index contributed by atoms with van der Waals surface area (Å²) in [5.41, 5.74) is 9.65. The van der Waals surface area contributed by atoms with Crippen LogP contribution in [0.25, 0.3) is 0 Å². The lowest BCUT2D eigenvalue weighted by atomic mass is 10.4. The van der Waals surface area contributed by atoms with Crippen LogP contribution in [0.5, 0.6) is 0 Å². The highest BCUT2D eigenvalue weighted by Crippen LogP contribution is 2.13. The fraction of sp³-hybridized carbons (Fsp3) is 0. The summed E-state index contributed by atoms with van der Waals surface area (Å²) in [7, 11) is 0. The van der Waals surface area contributed by atoms with Gasteiger partial charge in [0.05, 0.1) is 12.4 Å². The second-order valence-corrected chi connectivity index (χ2v) is 2.71. The lowest BCUT2D eigenvalue weighted by molar-refractivity contribution is 0.321. The van der Waals surface area contributed by atoms with Gasteiger partial charge in [-0.3, -0.25) is 9.78 Å². The molecule has 10 heteroatoms. The number of nitrogens with one attached hydrogen (secondary N) is 1. The van der Waals surface area contributed by atoms with Gasteiger partial charge in [0.15, 0.2) is 11.5 Å². The van der Waals surface area contributed by atoms with Gasteiger partial charge in [-0.15, -0.1) is 0 Å². The predicted octanol–water partition coefficient (Wildman–Crippen LogP) is -1.07. The molecule has 0 aliphatic rings. The first kappa shape index (κ1) is 12.2. The van der Waals surface area contributed by atoms with Gasteiger partial charge in [0, 0.05) is 0 Å². The van der Waals surface area contributed by atoms with E-state index in [4.69, 9.17) is 21.9 Å². The van der Waals surface area contributed by atoms with Gasteiger partial charge in [-0.25, -0.2) is 4.99 Å². The zero-order valence-corrected chi connectivity index (χ0v) is 8.40. The molecule has 1 heterocycles. The Morgan fingerprint density at radius 2 is 1.88 bits per heavy atom. The molecule has 0 amide bonds. The maximum atomic E-state index is 11.4.